The van der Waals surface area contributed by atoms with Gasteiger partial charge in [-0.05, 0) is 24.8 Å². The van der Waals surface area contributed by atoms with E-state index in [2.05, 4.69) is 10.4 Å². The van der Waals surface area contributed by atoms with E-state index in [9.17, 15) is 9.90 Å². The molecular formula is C12H20N4O2. The largest absolute Gasteiger partial charge is 0.393 e. The lowest BCUT2D eigenvalue weighted by Gasteiger charge is -2.29. The van der Waals surface area contributed by atoms with Crippen LogP contribution < -0.4 is 5.32 Å². The second-order valence-corrected chi connectivity index (χ2v) is 4.72. The van der Waals surface area contributed by atoms with Gasteiger partial charge in [-0.25, -0.2) is 4.79 Å². The number of carbonyl (C=O) groups excluding carboxylic acids is 1. The fourth-order valence-electron chi connectivity index (χ4n) is 2.10. The van der Waals surface area contributed by atoms with Crippen LogP contribution in [-0.2, 0) is 13.5 Å². The molecule has 2 N–H and O–H groups in total. The molecule has 1 aromatic rings. The number of aromatic nitrogens is 2. The predicted molar refractivity (Wildman–Crippen MR) is 67.1 cm³/mol. The number of nitrogens with zero attached hydrogens (tertiary/aromatic N) is 3. The lowest BCUT2D eigenvalue weighted by atomic mass is 10.1. The van der Waals surface area contributed by atoms with Crippen molar-refractivity contribution in [2.24, 2.45) is 7.05 Å². The molecule has 0 aromatic carbocycles. The maximum Gasteiger partial charge on any atom is 0.317 e. The number of likely N-dealkylation sites (tertiary alicyclic amines) is 1. The second kappa shape index (κ2) is 5.86. The molecule has 1 saturated heterocycles. The molecule has 2 amide bonds. The van der Waals surface area contributed by atoms with Crippen molar-refractivity contribution in [3.8, 4) is 0 Å². The van der Waals surface area contributed by atoms with Crippen molar-refractivity contribution in [3.05, 3.63) is 18.0 Å². The lowest BCUT2D eigenvalue weighted by Crippen LogP contribution is -2.45. The van der Waals surface area contributed by atoms with Gasteiger partial charge in [0.25, 0.3) is 0 Å². The van der Waals surface area contributed by atoms with Gasteiger partial charge in [0.15, 0.2) is 0 Å². The molecule has 1 aliphatic heterocycles. The number of aliphatic hydroxyl groups is 1. The number of piperidine rings is 1. The Morgan fingerprint density at radius 3 is 2.89 bits per heavy atom. The van der Waals surface area contributed by atoms with Crippen molar-refractivity contribution in [1.82, 2.24) is 20.0 Å². The third kappa shape index (κ3) is 3.46. The molecule has 0 unspecified atom stereocenters. The second-order valence-electron chi connectivity index (χ2n) is 4.72. The van der Waals surface area contributed by atoms with Gasteiger partial charge in [0.1, 0.15) is 0 Å². The van der Waals surface area contributed by atoms with E-state index in [0.29, 0.717) is 32.5 Å². The number of nitrogens with one attached hydrogen (secondary N) is 1. The van der Waals surface area contributed by atoms with E-state index in [0.717, 1.165) is 12.0 Å². The van der Waals surface area contributed by atoms with E-state index in [1.807, 2.05) is 19.4 Å². The normalized spacial score (nSPS) is 16.9. The summed E-state index contributed by atoms with van der Waals surface area (Å²) in [6, 6.07) is -0.0363. The Labute approximate surface area is 107 Å². The van der Waals surface area contributed by atoms with Crippen molar-refractivity contribution in [1.29, 1.82) is 0 Å². The van der Waals surface area contributed by atoms with Gasteiger partial charge in [0.2, 0.25) is 0 Å². The summed E-state index contributed by atoms with van der Waals surface area (Å²) in [5.41, 5.74) is 1.12. The summed E-state index contributed by atoms with van der Waals surface area (Å²) in [5.74, 6) is 0. The summed E-state index contributed by atoms with van der Waals surface area (Å²) < 4.78 is 1.75. The van der Waals surface area contributed by atoms with E-state index in [1.165, 1.54) is 0 Å². The Morgan fingerprint density at radius 2 is 2.28 bits per heavy atom. The Balaban J connectivity index is 1.68. The van der Waals surface area contributed by atoms with Crippen LogP contribution in [0.2, 0.25) is 0 Å². The van der Waals surface area contributed by atoms with Crippen molar-refractivity contribution in [3.63, 3.8) is 0 Å². The first-order valence-corrected chi connectivity index (χ1v) is 6.33. The zero-order valence-corrected chi connectivity index (χ0v) is 10.7. The number of hydrogen-bond acceptors (Lipinski definition) is 3. The highest BCUT2D eigenvalue weighted by atomic mass is 16.3. The molecule has 6 heteroatoms. The highest BCUT2D eigenvalue weighted by Crippen LogP contribution is 2.09. The van der Waals surface area contributed by atoms with Gasteiger partial charge >= 0.3 is 6.03 Å². The Morgan fingerprint density at radius 1 is 1.56 bits per heavy atom. The van der Waals surface area contributed by atoms with Gasteiger partial charge < -0.3 is 15.3 Å². The highest BCUT2D eigenvalue weighted by molar-refractivity contribution is 5.74. The van der Waals surface area contributed by atoms with E-state index in [-0.39, 0.29) is 12.1 Å². The molecule has 0 atom stereocenters. The van der Waals surface area contributed by atoms with Crippen molar-refractivity contribution < 1.29 is 9.90 Å². The fourth-order valence-corrected chi connectivity index (χ4v) is 2.10. The van der Waals surface area contributed by atoms with Crippen LogP contribution in [0.3, 0.4) is 0 Å². The SMILES string of the molecule is Cn1cc(CCNC(=O)N2CCC(O)CC2)cn1. The number of aliphatic hydroxyl groups excluding tert-OH is 1. The van der Waals surface area contributed by atoms with Crippen LogP contribution in [0.4, 0.5) is 4.79 Å². The molecule has 18 heavy (non-hydrogen) atoms. The van der Waals surface area contributed by atoms with E-state index in [1.54, 1.807) is 9.58 Å². The quantitative estimate of drug-likeness (QED) is 0.803. The van der Waals surface area contributed by atoms with Crippen LogP contribution in [0.5, 0.6) is 0 Å². The number of rotatable bonds is 3. The third-order valence-electron chi connectivity index (χ3n) is 3.20. The van der Waals surface area contributed by atoms with Crippen LogP contribution in [0.1, 0.15) is 18.4 Å². The molecule has 1 aliphatic rings. The summed E-state index contributed by atoms with van der Waals surface area (Å²) in [4.78, 5) is 13.6. The molecule has 0 bridgehead atoms. The molecule has 0 spiro atoms. The molecule has 6 nitrogen and oxygen atoms in total. The van der Waals surface area contributed by atoms with Crippen molar-refractivity contribution in [2.75, 3.05) is 19.6 Å². The molecule has 1 fully saturated rings. The zero-order valence-electron chi connectivity index (χ0n) is 10.7. The van der Waals surface area contributed by atoms with Crippen LogP contribution in [0.15, 0.2) is 12.4 Å². The van der Waals surface area contributed by atoms with Crippen LogP contribution >= 0.6 is 0 Å². The van der Waals surface area contributed by atoms with E-state index >= 15 is 0 Å². The summed E-state index contributed by atoms with van der Waals surface area (Å²) >= 11 is 0. The van der Waals surface area contributed by atoms with Crippen molar-refractivity contribution in [2.45, 2.75) is 25.4 Å². The van der Waals surface area contributed by atoms with Gasteiger partial charge in [-0.2, -0.15) is 5.10 Å². The number of aryl methyl sites for hydroxylation is 1. The number of urea groups is 1. The molecule has 0 radical (unpaired) electrons. The van der Waals surface area contributed by atoms with Gasteiger partial charge in [0.05, 0.1) is 12.3 Å². The standard InChI is InChI=1S/C12H20N4O2/c1-15-9-10(8-14-15)2-5-13-12(18)16-6-3-11(17)4-7-16/h8-9,11,17H,2-7H2,1H3,(H,13,18). The Kier molecular flexibility index (Phi) is 4.19. The Hall–Kier alpha value is -1.56. The monoisotopic (exact) mass is 252 g/mol. The maximum atomic E-state index is 11.8. The number of hydrogen-bond donors (Lipinski definition) is 2. The van der Waals surface area contributed by atoms with E-state index in [4.69, 9.17) is 0 Å². The van der Waals surface area contributed by atoms with Gasteiger partial charge in [0, 0.05) is 32.9 Å². The topological polar surface area (TPSA) is 70.4 Å². The fraction of sp³-hybridized carbons (Fsp3) is 0.667. The van der Waals surface area contributed by atoms with Crippen molar-refractivity contribution >= 4 is 6.03 Å². The highest BCUT2D eigenvalue weighted by Gasteiger charge is 2.20. The minimum absolute atomic E-state index is 0.0363. The van der Waals surface area contributed by atoms with Crippen LogP contribution in [0.25, 0.3) is 0 Å². The molecule has 0 aliphatic carbocycles. The molecule has 2 rings (SSSR count). The Bertz CT molecular complexity index is 397. The minimum atomic E-state index is -0.246. The van der Waals surface area contributed by atoms with Gasteiger partial charge in [-0.3, -0.25) is 4.68 Å². The first-order chi connectivity index (χ1) is 8.65. The molecular weight excluding hydrogens is 232 g/mol. The zero-order chi connectivity index (χ0) is 13.0. The number of amides is 2. The first kappa shape index (κ1) is 12.9. The predicted octanol–water partition coefficient (Wildman–Crippen LogP) is 0.129. The maximum absolute atomic E-state index is 11.8. The summed E-state index contributed by atoms with van der Waals surface area (Å²) in [7, 11) is 1.88. The third-order valence-corrected chi connectivity index (χ3v) is 3.20. The van der Waals surface area contributed by atoms with Gasteiger partial charge in [-0.15, -0.1) is 0 Å². The van der Waals surface area contributed by atoms with Gasteiger partial charge in [-0.1, -0.05) is 0 Å². The number of carbonyl (C=O) groups is 1. The molecule has 2 heterocycles. The van der Waals surface area contributed by atoms with Crippen LogP contribution in [0, 0.1) is 0 Å². The smallest absolute Gasteiger partial charge is 0.317 e. The average molecular weight is 252 g/mol. The van der Waals surface area contributed by atoms with E-state index < -0.39 is 0 Å². The summed E-state index contributed by atoms with van der Waals surface area (Å²) in [6.45, 7) is 1.89. The average Bonchev–Trinajstić information content (AvgIpc) is 2.76. The summed E-state index contributed by atoms with van der Waals surface area (Å²) in [6.07, 6.45) is 5.65. The summed E-state index contributed by atoms with van der Waals surface area (Å²) in [5, 5.41) is 16.3. The molecule has 1 aromatic heterocycles. The minimum Gasteiger partial charge on any atom is -0.393 e. The molecule has 0 saturated carbocycles. The lowest BCUT2D eigenvalue weighted by molar-refractivity contribution is 0.0938. The molecule has 100 valence electrons. The van der Waals surface area contributed by atoms with Crippen LogP contribution in [-0.4, -0.2) is 51.6 Å². The first-order valence-electron chi connectivity index (χ1n) is 6.33.